The van der Waals surface area contributed by atoms with Gasteiger partial charge in [-0.25, -0.2) is 4.68 Å². The largest absolute Gasteiger partial charge is 0.507 e. The number of methoxy groups -OCH3 is 3. The molecule has 0 bridgehead atoms. The summed E-state index contributed by atoms with van der Waals surface area (Å²) in [6.45, 7) is 0.592. The molecule has 6 rings (SSSR count). The van der Waals surface area contributed by atoms with Gasteiger partial charge in [-0.3, -0.25) is 14.6 Å². The van der Waals surface area contributed by atoms with Crippen molar-refractivity contribution in [2.75, 3.05) is 27.9 Å². The summed E-state index contributed by atoms with van der Waals surface area (Å²) in [4.78, 5) is 32.4. The van der Waals surface area contributed by atoms with E-state index in [9.17, 15) is 14.7 Å². The monoisotopic (exact) mass is 609 g/mol. The van der Waals surface area contributed by atoms with Crippen LogP contribution in [0.2, 0.25) is 0 Å². The number of amides is 1. The first kappa shape index (κ1) is 29.4. The molecule has 0 spiro atoms. The first-order valence-electron chi connectivity index (χ1n) is 14.2. The summed E-state index contributed by atoms with van der Waals surface area (Å²) in [6.07, 6.45) is 7.28. The summed E-state index contributed by atoms with van der Waals surface area (Å²) in [5.74, 6) is 1.45. The number of benzene rings is 3. The molecule has 3 heterocycles. The number of rotatable bonds is 10. The van der Waals surface area contributed by atoms with Crippen molar-refractivity contribution in [3.8, 4) is 28.7 Å². The second kappa shape index (κ2) is 12.5. The molecule has 3 aromatic carbocycles. The van der Waals surface area contributed by atoms with Crippen LogP contribution in [0.1, 0.15) is 44.4 Å². The number of fused-ring (bicyclic) bond motifs is 2. The molecule has 2 aliphatic heterocycles. The molecule has 1 N–H and O–H groups in total. The number of para-hydroxylation sites is 1. The van der Waals surface area contributed by atoms with Crippen molar-refractivity contribution in [3.63, 3.8) is 0 Å². The minimum absolute atomic E-state index is 0.0693. The van der Waals surface area contributed by atoms with E-state index in [1.165, 1.54) is 26.4 Å². The molecule has 1 amide bonds. The van der Waals surface area contributed by atoms with Gasteiger partial charge in [-0.1, -0.05) is 29.5 Å². The number of allylic oxidation sites excluding steroid dienone is 1. The van der Waals surface area contributed by atoms with Crippen LogP contribution in [-0.2, 0) is 6.61 Å². The van der Waals surface area contributed by atoms with Crippen molar-refractivity contribution in [3.05, 3.63) is 89.3 Å². The Morgan fingerprint density at radius 2 is 1.76 bits per heavy atom. The van der Waals surface area contributed by atoms with Gasteiger partial charge in [0.1, 0.15) is 18.1 Å². The van der Waals surface area contributed by atoms with Gasteiger partial charge in [0.05, 0.1) is 56.4 Å². The topological polar surface area (TPSA) is 138 Å². The van der Waals surface area contributed by atoms with Gasteiger partial charge in [-0.2, -0.15) is 0 Å². The Bertz CT molecular complexity index is 1810. The quantitative estimate of drug-likeness (QED) is 0.201. The molecular weight excluding hydrogens is 578 g/mol. The van der Waals surface area contributed by atoms with E-state index in [-0.39, 0.29) is 41.7 Å². The van der Waals surface area contributed by atoms with Crippen LogP contribution < -0.4 is 18.9 Å². The molecule has 1 saturated heterocycles. The van der Waals surface area contributed by atoms with E-state index in [0.717, 1.165) is 5.56 Å². The zero-order valence-electron chi connectivity index (χ0n) is 24.9. The van der Waals surface area contributed by atoms with E-state index in [4.69, 9.17) is 18.9 Å². The van der Waals surface area contributed by atoms with Gasteiger partial charge in [0, 0.05) is 18.8 Å². The van der Waals surface area contributed by atoms with Crippen molar-refractivity contribution in [2.45, 2.75) is 25.1 Å². The van der Waals surface area contributed by atoms with Crippen molar-refractivity contribution in [1.82, 2.24) is 19.9 Å². The molecule has 4 aromatic rings. The Hall–Kier alpha value is -5.65. The van der Waals surface area contributed by atoms with Crippen LogP contribution in [0.5, 0.6) is 28.7 Å². The highest BCUT2D eigenvalue weighted by molar-refractivity contribution is 6.08. The van der Waals surface area contributed by atoms with Gasteiger partial charge in [0.2, 0.25) is 0 Å². The van der Waals surface area contributed by atoms with E-state index in [0.29, 0.717) is 52.9 Å². The number of carbonyl (C=O) groups excluding carboxylic acids is 2. The van der Waals surface area contributed by atoms with Crippen LogP contribution in [0.25, 0.3) is 6.08 Å². The Morgan fingerprint density at radius 3 is 2.53 bits per heavy atom. The first-order valence-corrected chi connectivity index (χ1v) is 14.2. The van der Waals surface area contributed by atoms with Crippen LogP contribution in [0.15, 0.2) is 71.9 Å². The number of phenols is 1. The van der Waals surface area contributed by atoms with Crippen LogP contribution in [0, 0.1) is 0 Å². The summed E-state index contributed by atoms with van der Waals surface area (Å²) < 4.78 is 24.0. The smallest absolute Gasteiger partial charge is 0.256 e. The van der Waals surface area contributed by atoms with Crippen LogP contribution in [0.3, 0.4) is 0 Å². The number of aromatic hydroxyl groups is 1. The summed E-state index contributed by atoms with van der Waals surface area (Å²) in [5.41, 5.74) is 2.56. The van der Waals surface area contributed by atoms with Gasteiger partial charge in [-0.05, 0) is 48.4 Å². The summed E-state index contributed by atoms with van der Waals surface area (Å²) in [7, 11) is 4.61. The number of hydrogen-bond donors (Lipinski definition) is 1. The van der Waals surface area contributed by atoms with Crippen molar-refractivity contribution >= 4 is 29.7 Å². The molecule has 0 saturated carbocycles. The summed E-state index contributed by atoms with van der Waals surface area (Å²) >= 11 is 0. The maximum absolute atomic E-state index is 13.5. The predicted octanol–water partition coefficient (Wildman–Crippen LogP) is 4.66. The van der Waals surface area contributed by atoms with Gasteiger partial charge < -0.3 is 29.0 Å². The molecule has 1 fully saturated rings. The molecule has 0 radical (unpaired) electrons. The zero-order chi connectivity index (χ0) is 31.5. The number of aromatic nitrogens is 3. The van der Waals surface area contributed by atoms with E-state index >= 15 is 0 Å². The lowest BCUT2D eigenvalue weighted by molar-refractivity contribution is 0.0769. The van der Waals surface area contributed by atoms with Gasteiger partial charge in [-0.15, -0.1) is 5.10 Å². The number of ether oxygens (including phenoxy) is 4. The fraction of sp³-hybridized carbons (Fsp3) is 0.242. The predicted molar refractivity (Wildman–Crippen MR) is 165 cm³/mol. The molecule has 0 aliphatic carbocycles. The first-order chi connectivity index (χ1) is 21.9. The van der Waals surface area contributed by atoms with E-state index in [2.05, 4.69) is 15.3 Å². The Labute approximate surface area is 259 Å². The Balaban J connectivity index is 1.10. The average molecular weight is 610 g/mol. The minimum atomic E-state index is -0.313. The molecule has 2 aliphatic rings. The fourth-order valence-corrected chi connectivity index (χ4v) is 5.44. The number of phenolic OH excluding ortho intramolecular Hbond substituents is 1. The van der Waals surface area contributed by atoms with Gasteiger partial charge >= 0.3 is 0 Å². The second-order valence-electron chi connectivity index (χ2n) is 10.5. The fourth-order valence-electron chi connectivity index (χ4n) is 5.44. The van der Waals surface area contributed by atoms with Crippen molar-refractivity contribution in [1.29, 1.82) is 0 Å². The van der Waals surface area contributed by atoms with E-state index < -0.39 is 0 Å². The molecule has 45 heavy (non-hydrogen) atoms. The highest BCUT2D eigenvalue weighted by atomic mass is 16.5. The number of aliphatic imine (C=N–C) groups is 1. The van der Waals surface area contributed by atoms with Gasteiger partial charge in [0.15, 0.2) is 28.8 Å². The summed E-state index contributed by atoms with van der Waals surface area (Å²) in [6, 6.07) is 14.8. The standard InChI is InChI=1S/C33H31N5O7/c1-42-30-12-20(8-10-28(40)24-6-4-5-7-27(24)39)9-11-29(30)45-19-21-17-38(36-35-21)23-13-22-16-34-26-15-32(44-3)31(43-2)14-25(26)33(41)37(22)18-23/h4-12,14-17,22-23,39H,13,18-19H2,1-3H3/b10-8+/t22-,23-/m0/s1. The van der Waals surface area contributed by atoms with Crippen molar-refractivity contribution < 1.29 is 33.6 Å². The number of hydrogen-bond acceptors (Lipinski definition) is 10. The summed E-state index contributed by atoms with van der Waals surface area (Å²) in [5, 5.41) is 18.5. The SMILES string of the molecule is COc1cc2c(cc1OC)C(=O)N1C[C@@H](n3cc(COc4ccc(/C=C/C(=O)c5ccccc5O)cc4OC)nn3)C[C@H]1C=N2. The third-order valence-electron chi connectivity index (χ3n) is 7.79. The number of carbonyl (C=O) groups is 2. The lowest BCUT2D eigenvalue weighted by atomic mass is 10.1. The van der Waals surface area contributed by atoms with Gasteiger partial charge in [0.25, 0.3) is 5.91 Å². The lowest BCUT2D eigenvalue weighted by Crippen LogP contribution is -2.35. The van der Waals surface area contributed by atoms with Crippen LogP contribution >= 0.6 is 0 Å². The Kier molecular flexibility index (Phi) is 8.19. The minimum Gasteiger partial charge on any atom is -0.507 e. The lowest BCUT2D eigenvalue weighted by Gasteiger charge is -2.20. The molecule has 12 heteroatoms. The molecular formula is C33H31N5O7. The third-order valence-corrected chi connectivity index (χ3v) is 7.79. The maximum Gasteiger partial charge on any atom is 0.256 e. The highest BCUT2D eigenvalue weighted by Gasteiger charge is 2.39. The van der Waals surface area contributed by atoms with E-state index in [1.54, 1.807) is 77.5 Å². The van der Waals surface area contributed by atoms with Crippen molar-refractivity contribution in [2.24, 2.45) is 4.99 Å². The highest BCUT2D eigenvalue weighted by Crippen LogP contribution is 2.39. The normalized spacial score (nSPS) is 17.1. The van der Waals surface area contributed by atoms with Crippen LogP contribution in [0.4, 0.5) is 5.69 Å². The Morgan fingerprint density at radius 1 is 1.00 bits per heavy atom. The number of ketones is 1. The number of nitrogens with zero attached hydrogens (tertiary/aromatic N) is 5. The second-order valence-corrected chi connectivity index (χ2v) is 10.5. The zero-order valence-corrected chi connectivity index (χ0v) is 24.9. The maximum atomic E-state index is 13.5. The average Bonchev–Trinajstić information content (AvgIpc) is 3.70. The molecule has 1 aromatic heterocycles. The van der Waals surface area contributed by atoms with Crippen LogP contribution in [-0.4, -0.2) is 76.8 Å². The molecule has 2 atom stereocenters. The molecule has 0 unspecified atom stereocenters. The molecule has 230 valence electrons. The molecule has 12 nitrogen and oxygen atoms in total. The third kappa shape index (κ3) is 5.94. The van der Waals surface area contributed by atoms with E-state index in [1.807, 2.05) is 6.20 Å².